The van der Waals surface area contributed by atoms with Gasteiger partial charge in [-0.1, -0.05) is 74.0 Å². The van der Waals surface area contributed by atoms with Gasteiger partial charge in [-0.25, -0.2) is 0 Å². The van der Waals surface area contributed by atoms with Gasteiger partial charge in [0.1, 0.15) is 5.75 Å². The highest BCUT2D eigenvalue weighted by atomic mass is 32.2. The molecule has 33 heavy (non-hydrogen) atoms. The third kappa shape index (κ3) is 5.51. The number of carbonyl (C=O) groups excluding carboxylic acids is 1. The Kier molecular flexibility index (Phi) is 7.56. The van der Waals surface area contributed by atoms with Crippen LogP contribution >= 0.6 is 11.8 Å². The van der Waals surface area contributed by atoms with Crippen molar-refractivity contribution in [3.05, 3.63) is 95.6 Å². The molecule has 0 spiro atoms. The zero-order chi connectivity index (χ0) is 23.2. The Balaban J connectivity index is 1.54. The molecule has 0 bridgehead atoms. The Bertz CT molecular complexity index is 1150. The van der Waals surface area contributed by atoms with Crippen LogP contribution in [0.25, 0.3) is 5.57 Å². The number of benzene rings is 3. The molecule has 1 aliphatic carbocycles. The smallest absolute Gasteiger partial charge is 0.251 e. The Morgan fingerprint density at radius 1 is 0.939 bits per heavy atom. The van der Waals surface area contributed by atoms with Crippen molar-refractivity contribution in [1.29, 1.82) is 0 Å². The zero-order valence-corrected chi connectivity index (χ0v) is 20.2. The maximum Gasteiger partial charge on any atom is 0.251 e. The van der Waals surface area contributed by atoms with Gasteiger partial charge in [-0.15, -0.1) is 0 Å². The van der Waals surface area contributed by atoms with E-state index in [0.717, 1.165) is 56.2 Å². The lowest BCUT2D eigenvalue weighted by Gasteiger charge is -2.23. The van der Waals surface area contributed by atoms with Crippen molar-refractivity contribution in [1.82, 2.24) is 5.32 Å². The van der Waals surface area contributed by atoms with Gasteiger partial charge in [-0.3, -0.25) is 4.79 Å². The van der Waals surface area contributed by atoms with Gasteiger partial charge < -0.3 is 10.1 Å². The lowest BCUT2D eigenvalue weighted by atomic mass is 9.95. The Hall–Kier alpha value is -2.98. The molecule has 0 heterocycles. The average molecular weight is 458 g/mol. The van der Waals surface area contributed by atoms with Gasteiger partial charge in [0, 0.05) is 27.0 Å². The number of methoxy groups -OCH3 is 1. The molecule has 0 aromatic heterocycles. The highest BCUT2D eigenvalue weighted by Gasteiger charge is 2.18. The van der Waals surface area contributed by atoms with Crippen molar-refractivity contribution in [3.8, 4) is 5.75 Å². The van der Waals surface area contributed by atoms with Crippen LogP contribution in [0.2, 0.25) is 0 Å². The Morgan fingerprint density at radius 2 is 1.64 bits per heavy atom. The van der Waals surface area contributed by atoms with Gasteiger partial charge >= 0.3 is 0 Å². The molecule has 0 unspecified atom stereocenters. The molecule has 1 N–H and O–H groups in total. The molecule has 3 aromatic carbocycles. The predicted octanol–water partition coefficient (Wildman–Crippen LogP) is 7.28. The summed E-state index contributed by atoms with van der Waals surface area (Å²) in [7, 11) is 1.68. The van der Waals surface area contributed by atoms with Crippen LogP contribution in [0.4, 0.5) is 0 Å². The summed E-state index contributed by atoms with van der Waals surface area (Å²) in [5, 5.41) is 3.22. The van der Waals surface area contributed by atoms with Crippen molar-refractivity contribution in [3.63, 3.8) is 0 Å². The maximum atomic E-state index is 12.8. The van der Waals surface area contributed by atoms with E-state index in [0.29, 0.717) is 6.04 Å². The first-order valence-corrected chi connectivity index (χ1v) is 12.4. The van der Waals surface area contributed by atoms with Gasteiger partial charge in [-0.2, -0.15) is 0 Å². The van der Waals surface area contributed by atoms with Gasteiger partial charge in [0.05, 0.1) is 7.11 Å². The van der Waals surface area contributed by atoms with E-state index in [1.165, 1.54) is 19.3 Å². The van der Waals surface area contributed by atoms with E-state index >= 15 is 0 Å². The van der Waals surface area contributed by atoms with E-state index < -0.39 is 0 Å². The largest absolute Gasteiger partial charge is 0.496 e. The summed E-state index contributed by atoms with van der Waals surface area (Å²) in [4.78, 5) is 15.0. The topological polar surface area (TPSA) is 38.3 Å². The Labute approximate surface area is 201 Å². The molecule has 0 aliphatic heterocycles. The molecule has 4 heteroatoms. The third-order valence-electron chi connectivity index (χ3n) is 6.24. The molecule has 1 amide bonds. The van der Waals surface area contributed by atoms with Crippen LogP contribution in [0.1, 0.15) is 59.2 Å². The second-order valence-corrected chi connectivity index (χ2v) is 9.65. The van der Waals surface area contributed by atoms with Gasteiger partial charge in [0.2, 0.25) is 0 Å². The lowest BCUT2D eigenvalue weighted by molar-refractivity contribution is 0.0927. The normalized spacial score (nSPS) is 14.0. The van der Waals surface area contributed by atoms with Gasteiger partial charge in [0.15, 0.2) is 0 Å². The number of rotatable bonds is 7. The molecule has 0 radical (unpaired) electrons. The predicted molar refractivity (Wildman–Crippen MR) is 137 cm³/mol. The minimum atomic E-state index is 0.0338. The van der Waals surface area contributed by atoms with Crippen molar-refractivity contribution in [2.75, 3.05) is 7.11 Å². The van der Waals surface area contributed by atoms with E-state index in [1.807, 2.05) is 48.5 Å². The number of hydrogen-bond acceptors (Lipinski definition) is 3. The fourth-order valence-electron chi connectivity index (χ4n) is 4.38. The molecule has 4 rings (SSSR count). The minimum Gasteiger partial charge on any atom is -0.496 e. The summed E-state index contributed by atoms with van der Waals surface area (Å²) >= 11 is 1.70. The molecule has 1 saturated carbocycles. The van der Waals surface area contributed by atoms with Gasteiger partial charge in [0.25, 0.3) is 5.91 Å². The van der Waals surface area contributed by atoms with E-state index in [-0.39, 0.29) is 5.91 Å². The highest BCUT2D eigenvalue weighted by molar-refractivity contribution is 7.99. The first-order chi connectivity index (χ1) is 16.1. The van der Waals surface area contributed by atoms with Crippen LogP contribution in [0.5, 0.6) is 5.75 Å². The lowest BCUT2D eigenvalue weighted by Crippen LogP contribution is -2.36. The molecule has 1 aliphatic rings. The van der Waals surface area contributed by atoms with Crippen LogP contribution in [0.15, 0.2) is 83.1 Å². The molecular formula is C29H31NO2S. The van der Waals surface area contributed by atoms with E-state index in [4.69, 9.17) is 4.74 Å². The summed E-state index contributed by atoms with van der Waals surface area (Å²) in [5.41, 5.74) is 4.81. The molecular weight excluding hydrogens is 426 g/mol. The number of aryl methyl sites for hydroxylation is 1. The standard InChI is InChI=1S/C29H31NO2S/c1-20-19-22(29(31)30-23-11-5-4-6-12-23)17-18-27(20)33-28-16-10-8-14-25(28)21(2)24-13-7-9-15-26(24)32-3/h7-10,13-19,23H,2,4-6,11-12H2,1,3H3,(H,30,31). The van der Waals surface area contributed by atoms with E-state index in [9.17, 15) is 4.79 Å². The number of amides is 1. The monoisotopic (exact) mass is 457 g/mol. The quantitative estimate of drug-likeness (QED) is 0.405. The molecule has 0 saturated heterocycles. The zero-order valence-electron chi connectivity index (χ0n) is 19.4. The average Bonchev–Trinajstić information content (AvgIpc) is 2.85. The number of carbonyl (C=O) groups is 1. The number of ether oxygens (including phenoxy) is 1. The molecule has 0 atom stereocenters. The first-order valence-electron chi connectivity index (χ1n) is 11.6. The maximum absolute atomic E-state index is 12.8. The number of nitrogens with one attached hydrogen (secondary N) is 1. The summed E-state index contributed by atoms with van der Waals surface area (Å²) in [6.45, 7) is 6.44. The van der Waals surface area contributed by atoms with Gasteiger partial charge in [-0.05, 0) is 66.8 Å². The van der Waals surface area contributed by atoms with Crippen LogP contribution in [0.3, 0.4) is 0 Å². The van der Waals surface area contributed by atoms with Crippen LogP contribution in [0, 0.1) is 6.92 Å². The molecule has 3 nitrogen and oxygen atoms in total. The van der Waals surface area contributed by atoms with Crippen LogP contribution in [-0.4, -0.2) is 19.1 Å². The third-order valence-corrected chi connectivity index (χ3v) is 7.50. The van der Waals surface area contributed by atoms with Crippen molar-refractivity contribution in [2.45, 2.75) is 54.9 Å². The highest BCUT2D eigenvalue weighted by Crippen LogP contribution is 2.39. The fourth-order valence-corrected chi connectivity index (χ4v) is 5.42. The molecule has 1 fully saturated rings. The number of hydrogen-bond donors (Lipinski definition) is 1. The van der Waals surface area contributed by atoms with E-state index in [1.54, 1.807) is 18.9 Å². The second kappa shape index (κ2) is 10.8. The van der Waals surface area contributed by atoms with Crippen LogP contribution < -0.4 is 10.1 Å². The summed E-state index contributed by atoms with van der Waals surface area (Å²) in [6, 6.07) is 22.5. The fraction of sp³-hybridized carbons (Fsp3) is 0.276. The minimum absolute atomic E-state index is 0.0338. The van der Waals surface area contributed by atoms with Crippen molar-refractivity contribution >= 4 is 23.2 Å². The van der Waals surface area contributed by atoms with Crippen molar-refractivity contribution < 1.29 is 9.53 Å². The Morgan fingerprint density at radius 3 is 2.36 bits per heavy atom. The summed E-state index contributed by atoms with van der Waals surface area (Å²) < 4.78 is 5.55. The molecule has 170 valence electrons. The SMILES string of the molecule is C=C(c1ccccc1OC)c1ccccc1Sc1ccc(C(=O)NC2CCCCC2)cc1C. The van der Waals surface area contributed by atoms with Crippen molar-refractivity contribution in [2.24, 2.45) is 0 Å². The second-order valence-electron chi connectivity index (χ2n) is 8.57. The van der Waals surface area contributed by atoms with Crippen LogP contribution in [-0.2, 0) is 0 Å². The summed E-state index contributed by atoms with van der Waals surface area (Å²) in [5.74, 6) is 0.846. The first kappa shape index (κ1) is 23.2. The molecule has 3 aromatic rings. The number of para-hydroxylation sites is 1. The van der Waals surface area contributed by atoms with E-state index in [2.05, 4.69) is 37.0 Å². The summed E-state index contributed by atoms with van der Waals surface area (Å²) in [6.07, 6.45) is 5.87.